The van der Waals surface area contributed by atoms with Gasteiger partial charge in [-0.15, -0.1) is 0 Å². The molecule has 2 rings (SSSR count). The Morgan fingerprint density at radius 2 is 1.78 bits per heavy atom. The first-order valence-corrected chi connectivity index (χ1v) is 8.69. The van der Waals surface area contributed by atoms with Gasteiger partial charge >= 0.3 is 5.97 Å². The zero-order chi connectivity index (χ0) is 19.8. The number of nitrogens with one attached hydrogen (secondary N) is 1. The number of carbonyl (C=O) groups is 2. The molecule has 6 nitrogen and oxygen atoms in total. The smallest absolute Gasteiger partial charge is 0.305 e. The Hall–Kier alpha value is -3.02. The summed E-state index contributed by atoms with van der Waals surface area (Å²) in [5.41, 5.74) is 2.78. The Morgan fingerprint density at radius 3 is 2.37 bits per heavy atom. The minimum atomic E-state index is -0.952. The van der Waals surface area contributed by atoms with E-state index in [0.29, 0.717) is 23.5 Å². The fraction of sp³-hybridized carbons (Fsp3) is 0.333. The summed E-state index contributed by atoms with van der Waals surface area (Å²) in [6.07, 6.45) is 0.382. The topological polar surface area (TPSA) is 84.9 Å². The van der Waals surface area contributed by atoms with E-state index >= 15 is 0 Å². The fourth-order valence-electron chi connectivity index (χ4n) is 2.94. The summed E-state index contributed by atoms with van der Waals surface area (Å²) >= 11 is 0. The van der Waals surface area contributed by atoms with Crippen molar-refractivity contribution in [1.82, 2.24) is 5.32 Å². The van der Waals surface area contributed by atoms with Crippen LogP contribution >= 0.6 is 0 Å². The van der Waals surface area contributed by atoms with Gasteiger partial charge in [0.2, 0.25) is 5.91 Å². The van der Waals surface area contributed by atoms with Gasteiger partial charge in [0.15, 0.2) is 11.5 Å². The van der Waals surface area contributed by atoms with Crippen LogP contribution in [-0.2, 0) is 22.4 Å². The zero-order valence-electron chi connectivity index (χ0n) is 15.8. The number of amides is 1. The first kappa shape index (κ1) is 20.3. The molecule has 0 radical (unpaired) electrons. The van der Waals surface area contributed by atoms with E-state index in [4.69, 9.17) is 9.47 Å². The van der Waals surface area contributed by atoms with E-state index in [1.807, 2.05) is 31.2 Å². The van der Waals surface area contributed by atoms with Crippen molar-refractivity contribution in [1.29, 1.82) is 0 Å². The zero-order valence-corrected chi connectivity index (χ0v) is 15.8. The molecular weight excluding hydrogens is 346 g/mol. The maximum Gasteiger partial charge on any atom is 0.305 e. The Morgan fingerprint density at radius 1 is 1.07 bits per heavy atom. The van der Waals surface area contributed by atoms with Crippen LogP contribution < -0.4 is 14.8 Å². The number of hydrogen-bond acceptors (Lipinski definition) is 4. The molecule has 1 amide bonds. The maximum absolute atomic E-state index is 12.5. The van der Waals surface area contributed by atoms with Gasteiger partial charge in [-0.1, -0.05) is 42.0 Å². The van der Waals surface area contributed by atoms with Crippen LogP contribution in [0.15, 0.2) is 42.5 Å². The second kappa shape index (κ2) is 9.62. The molecule has 0 bridgehead atoms. The van der Waals surface area contributed by atoms with E-state index in [0.717, 1.165) is 11.1 Å². The van der Waals surface area contributed by atoms with Gasteiger partial charge in [0.1, 0.15) is 0 Å². The molecule has 0 aliphatic rings. The van der Waals surface area contributed by atoms with Gasteiger partial charge in [0.05, 0.1) is 27.1 Å². The van der Waals surface area contributed by atoms with Gasteiger partial charge in [-0.05, 0) is 25.0 Å². The standard InChI is InChI=1S/C21H25NO5/c1-14-7-9-15(10-8-14)11-17(13-20(24)25)22-19(23)12-16-5-4-6-18(26-2)21(16)27-3/h4-10,17H,11-13H2,1-3H3,(H,22,23)(H,24,25). The van der Waals surface area contributed by atoms with E-state index in [1.165, 1.54) is 14.2 Å². The molecular formula is C21H25NO5. The lowest BCUT2D eigenvalue weighted by Crippen LogP contribution is -2.39. The number of methoxy groups -OCH3 is 2. The number of carboxylic acid groups (broad SMARTS) is 1. The third kappa shape index (κ3) is 6.02. The van der Waals surface area contributed by atoms with Crippen molar-refractivity contribution in [2.24, 2.45) is 0 Å². The van der Waals surface area contributed by atoms with Gasteiger partial charge in [0, 0.05) is 11.6 Å². The van der Waals surface area contributed by atoms with Crippen LogP contribution in [0.2, 0.25) is 0 Å². The molecule has 144 valence electrons. The van der Waals surface area contributed by atoms with Crippen molar-refractivity contribution < 1.29 is 24.2 Å². The lowest BCUT2D eigenvalue weighted by molar-refractivity contribution is -0.137. The van der Waals surface area contributed by atoms with Crippen LogP contribution in [0.1, 0.15) is 23.1 Å². The average Bonchev–Trinajstić information content (AvgIpc) is 2.62. The molecule has 1 unspecified atom stereocenters. The Labute approximate surface area is 159 Å². The van der Waals surface area contributed by atoms with Gasteiger partial charge in [-0.25, -0.2) is 0 Å². The molecule has 0 aliphatic carbocycles. The monoisotopic (exact) mass is 371 g/mol. The van der Waals surface area contributed by atoms with Gasteiger partial charge in [0.25, 0.3) is 0 Å². The number of aryl methyl sites for hydroxylation is 1. The number of benzene rings is 2. The number of hydrogen-bond donors (Lipinski definition) is 2. The van der Waals surface area contributed by atoms with Crippen molar-refractivity contribution >= 4 is 11.9 Å². The number of aliphatic carboxylic acids is 1. The van der Waals surface area contributed by atoms with E-state index in [1.54, 1.807) is 18.2 Å². The molecule has 2 aromatic carbocycles. The summed E-state index contributed by atoms with van der Waals surface area (Å²) in [5, 5.41) is 12.0. The lowest BCUT2D eigenvalue weighted by atomic mass is 10.0. The van der Waals surface area contributed by atoms with Crippen molar-refractivity contribution in [3.8, 4) is 11.5 Å². The lowest BCUT2D eigenvalue weighted by Gasteiger charge is -2.18. The van der Waals surface area contributed by atoms with Gasteiger partial charge in [-0.2, -0.15) is 0 Å². The predicted octanol–water partition coefficient (Wildman–Crippen LogP) is 2.76. The summed E-state index contributed by atoms with van der Waals surface area (Å²) in [4.78, 5) is 23.7. The molecule has 1 atom stereocenters. The molecule has 27 heavy (non-hydrogen) atoms. The summed E-state index contributed by atoms with van der Waals surface area (Å²) in [7, 11) is 3.05. The maximum atomic E-state index is 12.5. The van der Waals surface area contributed by atoms with Crippen LogP contribution in [0.4, 0.5) is 0 Å². The van der Waals surface area contributed by atoms with Gasteiger partial charge < -0.3 is 19.9 Å². The highest BCUT2D eigenvalue weighted by Gasteiger charge is 2.19. The molecule has 0 saturated carbocycles. The SMILES string of the molecule is COc1cccc(CC(=O)NC(CC(=O)O)Cc2ccc(C)cc2)c1OC. The second-order valence-corrected chi connectivity index (χ2v) is 6.38. The molecule has 0 aliphatic heterocycles. The normalized spacial score (nSPS) is 11.5. The highest BCUT2D eigenvalue weighted by atomic mass is 16.5. The summed E-state index contributed by atoms with van der Waals surface area (Å²) in [6.45, 7) is 1.99. The molecule has 2 N–H and O–H groups in total. The van der Waals surface area contributed by atoms with Crippen molar-refractivity contribution in [3.05, 3.63) is 59.2 Å². The number of carbonyl (C=O) groups excluding carboxylic acids is 1. The Balaban J connectivity index is 2.09. The van der Waals surface area contributed by atoms with E-state index in [9.17, 15) is 14.7 Å². The first-order chi connectivity index (χ1) is 12.9. The van der Waals surface area contributed by atoms with Crippen LogP contribution in [0.25, 0.3) is 0 Å². The molecule has 0 spiro atoms. The molecule has 0 fully saturated rings. The molecule has 0 saturated heterocycles. The molecule has 6 heteroatoms. The molecule has 2 aromatic rings. The largest absolute Gasteiger partial charge is 0.493 e. The third-order valence-electron chi connectivity index (χ3n) is 4.22. The number of para-hydroxylation sites is 1. The average molecular weight is 371 g/mol. The molecule has 0 aromatic heterocycles. The Bertz CT molecular complexity index is 786. The Kier molecular flexibility index (Phi) is 7.23. The second-order valence-electron chi connectivity index (χ2n) is 6.38. The fourth-order valence-corrected chi connectivity index (χ4v) is 2.94. The summed E-state index contributed by atoms with van der Waals surface area (Å²) in [6, 6.07) is 12.7. The summed E-state index contributed by atoms with van der Waals surface area (Å²) in [5.74, 6) is -0.167. The highest BCUT2D eigenvalue weighted by Crippen LogP contribution is 2.30. The number of carboxylic acids is 1. The van der Waals surface area contributed by atoms with E-state index in [-0.39, 0.29) is 18.7 Å². The van der Waals surface area contributed by atoms with Crippen molar-refractivity contribution in [2.45, 2.75) is 32.2 Å². The predicted molar refractivity (Wildman–Crippen MR) is 102 cm³/mol. The van der Waals surface area contributed by atoms with Gasteiger partial charge in [-0.3, -0.25) is 9.59 Å². The van der Waals surface area contributed by atoms with E-state index < -0.39 is 12.0 Å². The quantitative estimate of drug-likeness (QED) is 0.708. The molecule has 0 heterocycles. The van der Waals surface area contributed by atoms with Crippen LogP contribution in [-0.4, -0.2) is 37.2 Å². The third-order valence-corrected chi connectivity index (χ3v) is 4.22. The first-order valence-electron chi connectivity index (χ1n) is 8.69. The highest BCUT2D eigenvalue weighted by molar-refractivity contribution is 5.80. The number of rotatable bonds is 9. The van der Waals surface area contributed by atoms with Crippen molar-refractivity contribution in [2.75, 3.05) is 14.2 Å². The minimum absolute atomic E-state index is 0.0738. The minimum Gasteiger partial charge on any atom is -0.493 e. The summed E-state index contributed by atoms with van der Waals surface area (Å²) < 4.78 is 10.6. The van der Waals surface area contributed by atoms with E-state index in [2.05, 4.69) is 5.32 Å². The van der Waals surface area contributed by atoms with Crippen LogP contribution in [0.5, 0.6) is 11.5 Å². The number of ether oxygens (including phenoxy) is 2. The van der Waals surface area contributed by atoms with Crippen LogP contribution in [0, 0.1) is 6.92 Å². The van der Waals surface area contributed by atoms with Crippen molar-refractivity contribution in [3.63, 3.8) is 0 Å². The van der Waals surface area contributed by atoms with Crippen LogP contribution in [0.3, 0.4) is 0 Å².